The van der Waals surface area contributed by atoms with Crippen molar-refractivity contribution in [2.24, 2.45) is 5.92 Å². The zero-order valence-electron chi connectivity index (χ0n) is 22.3. The Morgan fingerprint density at radius 2 is 1.74 bits per heavy atom. The largest absolute Gasteiger partial charge is 0.384 e. The van der Waals surface area contributed by atoms with Crippen molar-refractivity contribution in [2.45, 2.75) is 70.6 Å². The highest BCUT2D eigenvalue weighted by Gasteiger charge is 2.33. The number of nitrogen functional groups attached to an aromatic ring is 1. The van der Waals surface area contributed by atoms with Crippen molar-refractivity contribution in [2.75, 3.05) is 16.0 Å². The van der Waals surface area contributed by atoms with E-state index >= 15 is 0 Å². The second-order valence-corrected chi connectivity index (χ2v) is 11.8. The van der Waals surface area contributed by atoms with E-state index in [0.717, 1.165) is 24.2 Å². The third kappa shape index (κ3) is 5.88. The van der Waals surface area contributed by atoms with Gasteiger partial charge in [0.15, 0.2) is 5.03 Å². The lowest BCUT2D eigenvalue weighted by atomic mass is 10.1. The van der Waals surface area contributed by atoms with Gasteiger partial charge in [-0.3, -0.25) is 4.79 Å². The number of carbonyl (C=O) groups is 1. The summed E-state index contributed by atoms with van der Waals surface area (Å²) in [5, 5.41) is 3.06. The predicted molar refractivity (Wildman–Crippen MR) is 149 cm³/mol. The average molecular weight is 538 g/mol. The fourth-order valence-electron chi connectivity index (χ4n) is 4.44. The Morgan fingerprint density at radius 3 is 2.34 bits per heavy atom. The van der Waals surface area contributed by atoms with Gasteiger partial charge >= 0.3 is 0 Å². The highest BCUT2D eigenvalue weighted by atomic mass is 32.2. The van der Waals surface area contributed by atoms with Crippen LogP contribution in [0.3, 0.4) is 0 Å². The molecule has 0 bridgehead atoms. The van der Waals surface area contributed by atoms with E-state index in [1.165, 1.54) is 18.2 Å². The van der Waals surface area contributed by atoms with E-state index < -0.39 is 15.9 Å². The van der Waals surface area contributed by atoms with Crippen molar-refractivity contribution < 1.29 is 13.2 Å². The number of anilines is 3. The normalized spacial score (nSPS) is 18.4. The van der Waals surface area contributed by atoms with E-state index in [9.17, 15) is 13.2 Å². The van der Waals surface area contributed by atoms with Crippen LogP contribution in [-0.2, 0) is 10.0 Å². The Kier molecular flexibility index (Phi) is 7.86. The Hall–Kier alpha value is -3.73. The van der Waals surface area contributed by atoms with Gasteiger partial charge in [-0.25, -0.2) is 19.7 Å². The molecule has 4 N–H and O–H groups in total. The molecule has 0 saturated carbocycles. The lowest BCUT2D eigenvalue weighted by molar-refractivity contribution is 0.0981. The van der Waals surface area contributed by atoms with Gasteiger partial charge in [-0.15, -0.1) is 0 Å². The van der Waals surface area contributed by atoms with Gasteiger partial charge in [-0.1, -0.05) is 19.9 Å². The number of rotatable bonds is 8. The number of pyridine rings is 3. The van der Waals surface area contributed by atoms with Gasteiger partial charge in [0.05, 0.1) is 11.3 Å². The standard InChI is InChI=1S/C27H35N7O3S/c1-16(2)19(5)30-24-14-11-20(15-29-24)22-13-12-21(26(31-22)34-17(3)9-10-18(34)4)27(35)33-38(36,37)25-8-6-7-23(28)32-25/h6-8,11-19H,9-10H2,1-5H3,(H2,28,32)(H,29,30)(H,33,35)/t17-,18+,19?. The van der Waals surface area contributed by atoms with Gasteiger partial charge in [0.1, 0.15) is 17.5 Å². The Balaban J connectivity index is 1.68. The van der Waals surface area contributed by atoms with Crippen molar-refractivity contribution in [3.63, 3.8) is 0 Å². The molecule has 1 aliphatic heterocycles. The highest BCUT2D eigenvalue weighted by Crippen LogP contribution is 2.33. The molecule has 1 saturated heterocycles. The van der Waals surface area contributed by atoms with Crippen molar-refractivity contribution in [1.82, 2.24) is 19.7 Å². The van der Waals surface area contributed by atoms with Crippen LogP contribution in [0.15, 0.2) is 53.7 Å². The minimum absolute atomic E-state index is 0.0419. The smallest absolute Gasteiger partial charge is 0.281 e. The molecule has 4 heterocycles. The molecule has 1 fully saturated rings. The maximum atomic E-state index is 13.3. The van der Waals surface area contributed by atoms with Crippen LogP contribution in [0.1, 0.15) is 57.8 Å². The maximum Gasteiger partial charge on any atom is 0.281 e. The molecular formula is C27H35N7O3S. The minimum Gasteiger partial charge on any atom is -0.384 e. The van der Waals surface area contributed by atoms with Crippen molar-refractivity contribution in [3.05, 3.63) is 54.2 Å². The SMILES string of the molecule is CC(C)C(C)Nc1ccc(-c2ccc(C(=O)NS(=O)(=O)c3cccc(N)n3)c(N3[C@H](C)CC[C@@H]3C)n2)cn1. The quantitative estimate of drug-likeness (QED) is 0.387. The number of carbonyl (C=O) groups excluding carboxylic acids is 1. The molecule has 4 rings (SSSR count). The van der Waals surface area contributed by atoms with E-state index in [2.05, 4.69) is 59.5 Å². The number of amides is 1. The summed E-state index contributed by atoms with van der Waals surface area (Å²) in [6.45, 7) is 10.5. The van der Waals surface area contributed by atoms with E-state index in [0.29, 0.717) is 17.4 Å². The summed E-state index contributed by atoms with van der Waals surface area (Å²) < 4.78 is 27.9. The van der Waals surface area contributed by atoms with Gasteiger partial charge in [0.25, 0.3) is 15.9 Å². The Bertz CT molecular complexity index is 1400. The first-order valence-corrected chi connectivity index (χ1v) is 14.3. The summed E-state index contributed by atoms with van der Waals surface area (Å²) in [4.78, 5) is 28.6. The van der Waals surface area contributed by atoms with Crippen LogP contribution >= 0.6 is 0 Å². The van der Waals surface area contributed by atoms with Crippen LogP contribution in [0.2, 0.25) is 0 Å². The minimum atomic E-state index is -4.23. The average Bonchev–Trinajstić information content (AvgIpc) is 3.21. The van der Waals surface area contributed by atoms with Crippen LogP contribution < -0.4 is 20.7 Å². The number of nitrogens with two attached hydrogens (primary N) is 1. The molecule has 0 aliphatic carbocycles. The van der Waals surface area contributed by atoms with Gasteiger partial charge in [-0.05, 0) is 75.9 Å². The van der Waals surface area contributed by atoms with Gasteiger partial charge in [0, 0.05) is 29.9 Å². The number of nitrogens with zero attached hydrogens (tertiary/aromatic N) is 4. The van der Waals surface area contributed by atoms with Crippen LogP contribution in [0.5, 0.6) is 0 Å². The summed E-state index contributed by atoms with van der Waals surface area (Å²) in [5.41, 5.74) is 7.23. The number of nitrogens with one attached hydrogen (secondary N) is 2. The molecule has 1 amide bonds. The summed E-state index contributed by atoms with van der Waals surface area (Å²) in [6, 6.07) is 11.9. The number of sulfonamides is 1. The molecule has 38 heavy (non-hydrogen) atoms. The van der Waals surface area contributed by atoms with Gasteiger partial charge < -0.3 is 16.0 Å². The molecule has 202 valence electrons. The molecule has 3 atom stereocenters. The number of hydrogen-bond acceptors (Lipinski definition) is 9. The number of hydrogen-bond donors (Lipinski definition) is 3. The van der Waals surface area contributed by atoms with E-state index in [1.807, 2.05) is 12.1 Å². The topological polar surface area (TPSA) is 143 Å². The molecule has 11 heteroatoms. The summed E-state index contributed by atoms with van der Waals surface area (Å²) in [5.74, 6) is 0.926. The fraction of sp³-hybridized carbons (Fsp3) is 0.407. The molecule has 0 radical (unpaired) electrons. The number of aromatic nitrogens is 3. The van der Waals surface area contributed by atoms with Crippen LogP contribution in [0.4, 0.5) is 17.5 Å². The zero-order chi connectivity index (χ0) is 27.6. The van der Waals surface area contributed by atoms with Crippen LogP contribution in [0, 0.1) is 5.92 Å². The summed E-state index contributed by atoms with van der Waals surface area (Å²) in [7, 11) is -4.23. The molecule has 3 aromatic rings. The Labute approximate surface area is 224 Å². The highest BCUT2D eigenvalue weighted by molar-refractivity contribution is 7.90. The first kappa shape index (κ1) is 27.3. The van der Waals surface area contributed by atoms with Crippen molar-refractivity contribution in [1.29, 1.82) is 0 Å². The molecule has 1 unspecified atom stereocenters. The monoisotopic (exact) mass is 537 g/mol. The van der Waals surface area contributed by atoms with Gasteiger partial charge in [-0.2, -0.15) is 8.42 Å². The van der Waals surface area contributed by atoms with Gasteiger partial charge in [0.2, 0.25) is 0 Å². The summed E-state index contributed by atoms with van der Waals surface area (Å²) in [6.07, 6.45) is 3.62. The van der Waals surface area contributed by atoms with Crippen LogP contribution in [0.25, 0.3) is 11.3 Å². The third-order valence-electron chi connectivity index (χ3n) is 7.00. The van der Waals surface area contributed by atoms with Crippen molar-refractivity contribution >= 4 is 33.4 Å². The molecule has 1 aliphatic rings. The second-order valence-electron chi connectivity index (χ2n) is 10.2. The second kappa shape index (κ2) is 10.9. The zero-order valence-corrected chi connectivity index (χ0v) is 23.2. The molecule has 10 nitrogen and oxygen atoms in total. The Morgan fingerprint density at radius 1 is 1.03 bits per heavy atom. The molecular weight excluding hydrogens is 502 g/mol. The fourth-order valence-corrected chi connectivity index (χ4v) is 5.38. The first-order valence-electron chi connectivity index (χ1n) is 12.8. The summed E-state index contributed by atoms with van der Waals surface area (Å²) >= 11 is 0. The predicted octanol–water partition coefficient (Wildman–Crippen LogP) is 4.07. The third-order valence-corrected chi connectivity index (χ3v) is 8.23. The maximum absolute atomic E-state index is 13.3. The molecule has 3 aromatic heterocycles. The van der Waals surface area contributed by atoms with E-state index in [1.54, 1.807) is 18.3 Å². The lowest BCUT2D eigenvalue weighted by Crippen LogP contribution is -2.37. The van der Waals surface area contributed by atoms with E-state index in [-0.39, 0.29) is 34.5 Å². The molecule has 0 aromatic carbocycles. The van der Waals surface area contributed by atoms with Crippen molar-refractivity contribution in [3.8, 4) is 11.3 Å². The lowest BCUT2D eigenvalue weighted by Gasteiger charge is -2.29. The molecule has 0 spiro atoms. The first-order chi connectivity index (χ1) is 18.0. The van der Waals surface area contributed by atoms with Crippen LogP contribution in [-0.4, -0.2) is 47.4 Å². The van der Waals surface area contributed by atoms with E-state index in [4.69, 9.17) is 10.7 Å².